The molecule has 412 valence electrons. The van der Waals surface area contributed by atoms with Crippen LogP contribution in [0.4, 0.5) is 45.5 Å². The van der Waals surface area contributed by atoms with Crippen molar-refractivity contribution in [3.05, 3.63) is 78.9 Å². The molecule has 0 aromatic heterocycles. The zero-order chi connectivity index (χ0) is 56.7. The van der Waals surface area contributed by atoms with E-state index in [9.17, 15) is 77.9 Å². The molecule has 0 bridgehead atoms. The number of fused-ring (bicyclic) bond motifs is 1. The maximum absolute atomic E-state index is 13.4. The van der Waals surface area contributed by atoms with Crippen LogP contribution in [0.25, 0.3) is 10.8 Å². The molecule has 8 N–H and O–H groups in total. The van der Waals surface area contributed by atoms with Crippen molar-refractivity contribution >= 4 is 144 Å². The normalized spacial score (nSPS) is 13.3. The maximum Gasteiger partial charge on any atom is 0.397 e. The molecule has 0 saturated heterocycles. The van der Waals surface area contributed by atoms with Gasteiger partial charge in [0.05, 0.1) is 63.1 Å². The number of phenols is 1. The van der Waals surface area contributed by atoms with Crippen LogP contribution in [0.5, 0.6) is 5.75 Å². The Bertz CT molecular complexity index is 4000. The molecule has 0 unspecified atom stereocenters. The second-order valence-corrected chi connectivity index (χ2v) is 27.0. The number of benzene rings is 5. The van der Waals surface area contributed by atoms with E-state index in [0.29, 0.717) is 6.07 Å². The molecule has 5 aromatic carbocycles. The number of hydrogen-bond acceptors (Lipinski definition) is 25. The topological polar surface area (TPSA) is 488 Å². The van der Waals surface area contributed by atoms with Gasteiger partial charge in [0, 0.05) is 28.8 Å². The predicted molar refractivity (Wildman–Crippen MR) is 268 cm³/mol. The summed E-state index contributed by atoms with van der Waals surface area (Å²) in [6.07, 6.45) is -0.453. The van der Waals surface area contributed by atoms with Crippen molar-refractivity contribution < 1.29 is 95.4 Å². The number of halogens is 1. The van der Waals surface area contributed by atoms with E-state index in [2.05, 4.69) is 44.4 Å². The number of alkyl halides is 1. The highest BCUT2D eigenvalue weighted by molar-refractivity contribution is 7.92. The van der Waals surface area contributed by atoms with E-state index in [1.165, 1.54) is 0 Å². The number of carbonyl (C=O) groups excluding carboxylic acids is 1. The Morgan fingerprint density at radius 2 is 1.12 bits per heavy atom. The molecule has 0 aliphatic rings. The van der Waals surface area contributed by atoms with Crippen LogP contribution in [0.3, 0.4) is 0 Å². The molecule has 38 heteroatoms. The number of nitrogens with two attached hydrogens (primary N) is 1. The summed E-state index contributed by atoms with van der Waals surface area (Å²) in [4.78, 5) is 9.56. The number of anilines is 2. The van der Waals surface area contributed by atoms with E-state index in [1.54, 1.807) is 0 Å². The number of amides is 1. The standard InChI is InChI=1S/C38H39ClN8O22S7/c39-13-17-70(50,51)16-1-2-35(48)41-24-6-12-32(72(54,55)19-15-69-76(65,66)67)31(20-24)45-46-36-28-22-34(74(59,60)61)37(38(49)27(28)9-10-29(36)40)47-44-30-11-5-25(21-33(30)73(56,57)58)43-42-23-3-7-26(8-4-23)71(52,53)18-14-68-75(62,63)64/h3-12,20-22,49H,1-2,13-19,40H2,(H,41,48)(H,56,57,58)(H,59,60,61)(H,62,63,64)(H,65,66,67)/b43-42+,46-45+,47-44+. The molecule has 76 heavy (non-hydrogen) atoms. The van der Waals surface area contributed by atoms with Gasteiger partial charge in [0.2, 0.25) is 5.91 Å². The summed E-state index contributed by atoms with van der Waals surface area (Å²) in [5.74, 6) is -4.60. The Kier molecular flexibility index (Phi) is 19.3. The minimum absolute atomic E-state index is 0.000258. The average Bonchev–Trinajstić information content (AvgIpc) is 3.28. The Balaban J connectivity index is 1.52. The Morgan fingerprint density at radius 1 is 0.553 bits per heavy atom. The van der Waals surface area contributed by atoms with Crippen molar-refractivity contribution in [1.29, 1.82) is 0 Å². The van der Waals surface area contributed by atoms with Gasteiger partial charge < -0.3 is 16.2 Å². The van der Waals surface area contributed by atoms with Crippen LogP contribution in [-0.4, -0.2) is 130 Å². The molecular weight excluding hydrogens is 1180 g/mol. The van der Waals surface area contributed by atoms with Gasteiger partial charge in [-0.25, -0.2) is 33.6 Å². The quantitative estimate of drug-likeness (QED) is 0.0166. The number of aromatic hydroxyl groups is 1. The Hall–Kier alpha value is -6.07. The van der Waals surface area contributed by atoms with E-state index in [4.69, 9.17) is 26.4 Å². The fourth-order valence-corrected chi connectivity index (χ4v) is 12.4. The summed E-state index contributed by atoms with van der Waals surface area (Å²) < 4.78 is 216. The van der Waals surface area contributed by atoms with Crippen LogP contribution < -0.4 is 11.1 Å². The first kappa shape index (κ1) is 60.8. The first-order valence-corrected chi connectivity index (χ1v) is 31.8. The van der Waals surface area contributed by atoms with Gasteiger partial charge in [0.1, 0.15) is 32.5 Å². The van der Waals surface area contributed by atoms with Gasteiger partial charge in [-0.2, -0.15) is 43.9 Å². The van der Waals surface area contributed by atoms with Gasteiger partial charge in [-0.3, -0.25) is 23.0 Å². The molecular formula is C38H39ClN8O22S7. The summed E-state index contributed by atoms with van der Waals surface area (Å²) in [5, 5.41) is 36.1. The highest BCUT2D eigenvalue weighted by Gasteiger charge is 2.26. The molecule has 30 nitrogen and oxygen atoms in total. The monoisotopic (exact) mass is 1220 g/mol. The lowest BCUT2D eigenvalue weighted by Gasteiger charge is -2.12. The van der Waals surface area contributed by atoms with E-state index in [-0.39, 0.29) is 63.3 Å². The summed E-state index contributed by atoms with van der Waals surface area (Å²) in [6, 6.07) is 13.0. The van der Waals surface area contributed by atoms with Crippen molar-refractivity contribution in [2.45, 2.75) is 32.4 Å². The number of azo groups is 3. The molecule has 0 fully saturated rings. The van der Waals surface area contributed by atoms with Gasteiger partial charge in [-0.15, -0.1) is 32.1 Å². The third-order valence-corrected chi connectivity index (χ3v) is 18.0. The van der Waals surface area contributed by atoms with E-state index in [1.807, 2.05) is 0 Å². The highest BCUT2D eigenvalue weighted by atomic mass is 35.5. The third-order valence-electron chi connectivity index (χ3n) is 9.72. The minimum atomic E-state index is -5.45. The summed E-state index contributed by atoms with van der Waals surface area (Å²) in [7, 11) is -32.9. The molecule has 0 aliphatic heterocycles. The van der Waals surface area contributed by atoms with Crippen molar-refractivity contribution in [2.24, 2.45) is 30.7 Å². The molecule has 0 radical (unpaired) electrons. The zero-order valence-corrected chi connectivity index (χ0v) is 44.5. The molecule has 5 aromatic rings. The number of rotatable bonds is 25. The lowest BCUT2D eigenvalue weighted by atomic mass is 10.1. The van der Waals surface area contributed by atoms with Crippen molar-refractivity contribution in [2.75, 3.05) is 53.2 Å². The van der Waals surface area contributed by atoms with Crippen LogP contribution in [0.1, 0.15) is 12.8 Å². The van der Waals surface area contributed by atoms with E-state index < -0.39 is 150 Å². The first-order chi connectivity index (χ1) is 35.1. The molecule has 0 heterocycles. The average molecular weight is 1220 g/mol. The van der Waals surface area contributed by atoms with Crippen LogP contribution >= 0.6 is 11.6 Å². The number of nitrogens with one attached hydrogen (secondary N) is 1. The summed E-state index contributed by atoms with van der Waals surface area (Å²) in [6.45, 7) is -1.98. The minimum Gasteiger partial charge on any atom is -0.505 e. The van der Waals surface area contributed by atoms with Crippen LogP contribution in [0.15, 0.2) is 129 Å². The summed E-state index contributed by atoms with van der Waals surface area (Å²) in [5.41, 5.74) is 2.62. The van der Waals surface area contributed by atoms with Crippen LogP contribution in [0, 0.1) is 0 Å². The lowest BCUT2D eigenvalue weighted by molar-refractivity contribution is -0.116. The molecule has 0 spiro atoms. The van der Waals surface area contributed by atoms with Gasteiger partial charge in [0.15, 0.2) is 35.3 Å². The highest BCUT2D eigenvalue weighted by Crippen LogP contribution is 2.46. The van der Waals surface area contributed by atoms with E-state index in [0.717, 1.165) is 72.8 Å². The SMILES string of the molecule is Nc1ccc2c(O)c(/N=N/c3ccc(/N=N/c4ccc(S(=O)(=O)CCOS(=O)(=O)O)cc4)cc3S(=O)(=O)O)c(S(=O)(=O)O)cc2c1/N=N/c1cc(NC(=O)CCCS(=O)(=O)CCCl)ccc1S(=O)(=O)CCOS(=O)(=O)O. The zero-order valence-electron chi connectivity index (χ0n) is 38.0. The Morgan fingerprint density at radius 3 is 1.71 bits per heavy atom. The molecule has 0 saturated carbocycles. The van der Waals surface area contributed by atoms with Gasteiger partial charge in [0.25, 0.3) is 20.2 Å². The first-order valence-electron chi connectivity index (χ1n) is 20.5. The summed E-state index contributed by atoms with van der Waals surface area (Å²) >= 11 is 5.50. The van der Waals surface area contributed by atoms with Crippen molar-refractivity contribution in [3.63, 3.8) is 0 Å². The van der Waals surface area contributed by atoms with Crippen molar-refractivity contribution in [1.82, 2.24) is 0 Å². The van der Waals surface area contributed by atoms with E-state index >= 15 is 0 Å². The smallest absolute Gasteiger partial charge is 0.397 e. The molecule has 5 rings (SSSR count). The Labute approximate surface area is 437 Å². The second-order valence-electron chi connectivity index (χ2n) is 15.2. The van der Waals surface area contributed by atoms with Gasteiger partial charge >= 0.3 is 20.8 Å². The van der Waals surface area contributed by atoms with Gasteiger partial charge in [-0.1, -0.05) is 0 Å². The van der Waals surface area contributed by atoms with Crippen LogP contribution in [-0.2, 0) is 83.7 Å². The molecule has 1 amide bonds. The number of sulfone groups is 3. The van der Waals surface area contributed by atoms with Crippen LogP contribution in [0.2, 0.25) is 0 Å². The number of phenolic OH excluding ortho intramolecular Hbond substituents is 1. The van der Waals surface area contributed by atoms with Crippen molar-refractivity contribution in [3.8, 4) is 5.75 Å². The molecule has 0 aliphatic carbocycles. The second kappa shape index (κ2) is 24.1. The predicted octanol–water partition coefficient (Wildman–Crippen LogP) is 5.43. The van der Waals surface area contributed by atoms with Gasteiger partial charge in [-0.05, 0) is 85.3 Å². The largest absolute Gasteiger partial charge is 0.505 e. The maximum atomic E-state index is 13.4. The third kappa shape index (κ3) is 17.2. The number of nitrogen functional groups attached to an aromatic ring is 1. The number of hydrogen-bond donors (Lipinski definition) is 7. The molecule has 0 atom stereocenters. The number of carbonyl (C=O) groups is 1. The number of nitrogens with zero attached hydrogens (tertiary/aromatic N) is 6. The lowest BCUT2D eigenvalue weighted by Crippen LogP contribution is -2.17. The fourth-order valence-electron chi connectivity index (χ4n) is 6.28. The fraction of sp³-hybridized carbons (Fsp3) is 0.237.